The molecule has 1 aromatic carbocycles. The highest BCUT2D eigenvalue weighted by Gasteiger charge is 2.24. The Kier molecular flexibility index (Phi) is 2.26. The van der Waals surface area contributed by atoms with E-state index in [1.807, 2.05) is 6.07 Å². The maximum atomic E-state index is 5.64. The van der Waals surface area contributed by atoms with E-state index in [9.17, 15) is 0 Å². The van der Waals surface area contributed by atoms with E-state index >= 15 is 0 Å². The second-order valence-electron chi connectivity index (χ2n) is 2.92. The van der Waals surface area contributed by atoms with Crippen LogP contribution in [0.25, 0.3) is 0 Å². The molecule has 0 saturated carbocycles. The van der Waals surface area contributed by atoms with E-state index in [1.54, 1.807) is 0 Å². The van der Waals surface area contributed by atoms with Crippen LogP contribution in [-0.2, 0) is 16.6 Å². The smallest absolute Gasteiger partial charge is 0.247 e. The molecule has 0 spiro atoms. The van der Waals surface area contributed by atoms with Crippen molar-refractivity contribution in [1.82, 2.24) is 0 Å². The summed E-state index contributed by atoms with van der Waals surface area (Å²) in [6.07, 6.45) is 0. The number of ether oxygens (including phenoxy) is 1. The number of hydrogen-bond donors (Lipinski definition) is 0. The van der Waals surface area contributed by atoms with Crippen molar-refractivity contribution in [3.63, 3.8) is 0 Å². The van der Waals surface area contributed by atoms with Crippen molar-refractivity contribution < 1.29 is 4.74 Å². The first-order valence-electron chi connectivity index (χ1n) is 4.25. The van der Waals surface area contributed by atoms with E-state index in [0.29, 0.717) is 10.9 Å². The van der Waals surface area contributed by atoms with Crippen molar-refractivity contribution >= 4 is 10.9 Å². The van der Waals surface area contributed by atoms with Crippen LogP contribution in [0.4, 0.5) is 0 Å². The van der Waals surface area contributed by atoms with Crippen LogP contribution in [-0.4, -0.2) is 11.7 Å². The average molecular weight is 181 g/mol. The zero-order valence-corrected chi connectivity index (χ0v) is 8.06. The maximum absolute atomic E-state index is 5.64. The van der Waals surface area contributed by atoms with Gasteiger partial charge in [-0.25, -0.2) is 0 Å². The monoisotopic (exact) mass is 181 g/mol. The Morgan fingerprint density at radius 1 is 1.42 bits per heavy atom. The number of rotatable bonds is 1. The zero-order valence-electron chi connectivity index (χ0n) is 7.25. The summed E-state index contributed by atoms with van der Waals surface area (Å²) in [5, 5.41) is 0. The SMILES string of the molecule is CC[S+]1COc2ccccc2C1. The van der Waals surface area contributed by atoms with Gasteiger partial charge in [0.1, 0.15) is 17.3 Å². The molecular weight excluding hydrogens is 168 g/mol. The second-order valence-corrected chi connectivity index (χ2v) is 5.24. The minimum absolute atomic E-state index is 0.465. The fourth-order valence-corrected chi connectivity index (χ4v) is 2.78. The van der Waals surface area contributed by atoms with Crippen LogP contribution in [0, 0.1) is 0 Å². The van der Waals surface area contributed by atoms with Gasteiger partial charge in [-0.15, -0.1) is 0 Å². The average Bonchev–Trinajstić information content (AvgIpc) is 2.17. The molecule has 0 aliphatic carbocycles. The molecule has 1 aliphatic rings. The number of hydrogen-bond acceptors (Lipinski definition) is 1. The minimum Gasteiger partial charge on any atom is -0.448 e. The van der Waals surface area contributed by atoms with Gasteiger partial charge in [0, 0.05) is 16.5 Å². The lowest BCUT2D eigenvalue weighted by molar-refractivity contribution is 0.380. The Morgan fingerprint density at radius 2 is 2.25 bits per heavy atom. The first-order chi connectivity index (χ1) is 5.90. The van der Waals surface area contributed by atoms with Gasteiger partial charge in [-0.05, 0) is 13.0 Å². The van der Waals surface area contributed by atoms with Crippen LogP contribution in [0.1, 0.15) is 12.5 Å². The van der Waals surface area contributed by atoms with Crippen LogP contribution < -0.4 is 4.74 Å². The van der Waals surface area contributed by atoms with Gasteiger partial charge in [-0.3, -0.25) is 0 Å². The highest BCUT2D eigenvalue weighted by atomic mass is 32.2. The molecule has 0 radical (unpaired) electrons. The molecule has 1 unspecified atom stereocenters. The lowest BCUT2D eigenvalue weighted by Crippen LogP contribution is -2.22. The summed E-state index contributed by atoms with van der Waals surface area (Å²) in [6.45, 7) is 2.24. The lowest BCUT2D eigenvalue weighted by Gasteiger charge is -2.17. The molecule has 2 rings (SSSR count). The molecule has 0 saturated heterocycles. The van der Waals surface area contributed by atoms with E-state index in [-0.39, 0.29) is 0 Å². The largest absolute Gasteiger partial charge is 0.448 e. The molecule has 64 valence electrons. The van der Waals surface area contributed by atoms with Crippen LogP contribution in [0.2, 0.25) is 0 Å². The van der Waals surface area contributed by atoms with Crippen molar-refractivity contribution in [3.8, 4) is 5.75 Å². The third kappa shape index (κ3) is 1.44. The highest BCUT2D eigenvalue weighted by Crippen LogP contribution is 2.26. The van der Waals surface area contributed by atoms with E-state index in [2.05, 4.69) is 25.1 Å². The fraction of sp³-hybridized carbons (Fsp3) is 0.400. The van der Waals surface area contributed by atoms with Crippen molar-refractivity contribution in [1.29, 1.82) is 0 Å². The van der Waals surface area contributed by atoms with Crippen molar-refractivity contribution in [2.75, 3.05) is 11.7 Å². The predicted molar refractivity (Wildman–Crippen MR) is 53.5 cm³/mol. The highest BCUT2D eigenvalue weighted by molar-refractivity contribution is 7.96. The predicted octanol–water partition coefficient (Wildman–Crippen LogP) is 2.17. The summed E-state index contributed by atoms with van der Waals surface area (Å²) in [7, 11) is 0.465. The Bertz CT molecular complexity index is 272. The molecule has 1 heterocycles. The van der Waals surface area contributed by atoms with Crippen molar-refractivity contribution in [2.24, 2.45) is 0 Å². The van der Waals surface area contributed by atoms with Crippen molar-refractivity contribution in [3.05, 3.63) is 29.8 Å². The summed E-state index contributed by atoms with van der Waals surface area (Å²) in [5.41, 5.74) is 1.38. The van der Waals surface area contributed by atoms with Crippen LogP contribution >= 0.6 is 0 Å². The van der Waals surface area contributed by atoms with E-state index in [1.165, 1.54) is 17.1 Å². The quantitative estimate of drug-likeness (QED) is 0.603. The Balaban J connectivity index is 2.23. The van der Waals surface area contributed by atoms with E-state index < -0.39 is 0 Å². The first-order valence-corrected chi connectivity index (χ1v) is 5.98. The zero-order chi connectivity index (χ0) is 8.39. The molecule has 1 nitrogen and oxygen atoms in total. The summed E-state index contributed by atoms with van der Waals surface area (Å²) < 4.78 is 5.64. The molecule has 2 heteroatoms. The lowest BCUT2D eigenvalue weighted by atomic mass is 10.2. The molecule has 1 aliphatic heterocycles. The summed E-state index contributed by atoms with van der Waals surface area (Å²) in [6, 6.07) is 8.36. The van der Waals surface area contributed by atoms with Crippen LogP contribution in [0.3, 0.4) is 0 Å². The van der Waals surface area contributed by atoms with E-state index in [4.69, 9.17) is 4.74 Å². The fourth-order valence-electron chi connectivity index (χ4n) is 1.36. The van der Waals surface area contributed by atoms with Gasteiger partial charge < -0.3 is 4.74 Å². The molecule has 0 fully saturated rings. The molecular formula is C10H13OS+. The van der Waals surface area contributed by atoms with Crippen LogP contribution in [0.5, 0.6) is 5.75 Å². The summed E-state index contributed by atoms with van der Waals surface area (Å²) in [5.74, 6) is 4.48. The Labute approximate surface area is 76.1 Å². The van der Waals surface area contributed by atoms with Gasteiger partial charge >= 0.3 is 0 Å². The molecule has 1 atom stereocenters. The van der Waals surface area contributed by atoms with Gasteiger partial charge in [0.2, 0.25) is 5.94 Å². The topological polar surface area (TPSA) is 9.23 Å². The first kappa shape index (κ1) is 7.99. The van der Waals surface area contributed by atoms with Gasteiger partial charge in [0.15, 0.2) is 0 Å². The number of para-hydroxylation sites is 1. The van der Waals surface area contributed by atoms with Gasteiger partial charge in [0.25, 0.3) is 0 Å². The molecule has 0 amide bonds. The normalized spacial score (nSPS) is 21.2. The second kappa shape index (κ2) is 3.40. The third-order valence-corrected chi connectivity index (χ3v) is 4.11. The molecule has 1 aromatic rings. The van der Waals surface area contributed by atoms with Crippen molar-refractivity contribution in [2.45, 2.75) is 12.7 Å². The van der Waals surface area contributed by atoms with E-state index in [0.717, 1.165) is 11.7 Å². The molecule has 0 N–H and O–H groups in total. The molecule has 0 bridgehead atoms. The Hall–Kier alpha value is -0.630. The number of benzene rings is 1. The molecule has 12 heavy (non-hydrogen) atoms. The number of fused-ring (bicyclic) bond motifs is 1. The van der Waals surface area contributed by atoms with Gasteiger partial charge in [0.05, 0.1) is 0 Å². The minimum atomic E-state index is 0.465. The summed E-state index contributed by atoms with van der Waals surface area (Å²) >= 11 is 0. The maximum Gasteiger partial charge on any atom is 0.247 e. The Morgan fingerprint density at radius 3 is 3.08 bits per heavy atom. The third-order valence-electron chi connectivity index (χ3n) is 2.12. The summed E-state index contributed by atoms with van der Waals surface area (Å²) in [4.78, 5) is 0. The molecule has 0 aromatic heterocycles. The van der Waals surface area contributed by atoms with Gasteiger partial charge in [-0.2, -0.15) is 0 Å². The standard InChI is InChI=1S/C10H13OS/c1-2-12-7-9-5-3-4-6-10(9)11-8-12/h3-6H,2,7-8H2,1H3/q+1. The van der Waals surface area contributed by atoms with Crippen LogP contribution in [0.15, 0.2) is 24.3 Å². The van der Waals surface area contributed by atoms with Gasteiger partial charge in [-0.1, -0.05) is 18.2 Å².